The first kappa shape index (κ1) is 14.0. The normalized spacial score (nSPS) is 10.8. The number of hydrogen-bond acceptors (Lipinski definition) is 5. The van der Waals surface area contributed by atoms with Gasteiger partial charge in [0.05, 0.1) is 0 Å². The molecule has 0 unspecified atom stereocenters. The quantitative estimate of drug-likeness (QED) is 0.797. The molecule has 102 valence electrons. The van der Waals surface area contributed by atoms with Crippen LogP contribution in [0.5, 0.6) is 5.75 Å². The van der Waals surface area contributed by atoms with Gasteiger partial charge in [-0.05, 0) is 38.1 Å². The van der Waals surface area contributed by atoms with Crippen LogP contribution < -0.4 is 5.32 Å². The van der Waals surface area contributed by atoms with Gasteiger partial charge in [0, 0.05) is 12.0 Å². The lowest BCUT2D eigenvalue weighted by atomic mass is 10.1. The first-order chi connectivity index (χ1) is 9.20. The van der Waals surface area contributed by atoms with E-state index in [1.54, 1.807) is 17.4 Å². The van der Waals surface area contributed by atoms with Gasteiger partial charge in [-0.1, -0.05) is 30.4 Å². The average molecular weight is 277 g/mol. The van der Waals surface area contributed by atoms with Crippen LogP contribution in [0.3, 0.4) is 0 Å². The van der Waals surface area contributed by atoms with Crippen molar-refractivity contribution in [2.24, 2.45) is 0 Å². The van der Waals surface area contributed by atoms with Crippen LogP contribution in [0.15, 0.2) is 18.2 Å². The summed E-state index contributed by atoms with van der Waals surface area (Å²) in [6, 6.07) is 5.62. The van der Waals surface area contributed by atoms with E-state index in [0.29, 0.717) is 5.75 Å². The maximum atomic E-state index is 9.72. The van der Waals surface area contributed by atoms with E-state index in [0.717, 1.165) is 47.1 Å². The molecule has 0 atom stereocenters. The summed E-state index contributed by atoms with van der Waals surface area (Å²) in [4.78, 5) is 0. The summed E-state index contributed by atoms with van der Waals surface area (Å²) in [5, 5.41) is 23.3. The Balaban J connectivity index is 2.01. The Morgan fingerprint density at radius 2 is 2.16 bits per heavy atom. The monoisotopic (exact) mass is 277 g/mol. The van der Waals surface area contributed by atoms with E-state index < -0.39 is 0 Å². The van der Waals surface area contributed by atoms with Crippen molar-refractivity contribution >= 4 is 11.3 Å². The lowest BCUT2D eigenvalue weighted by Gasteiger charge is -2.00. The second-order valence-electron chi connectivity index (χ2n) is 4.46. The van der Waals surface area contributed by atoms with Gasteiger partial charge in [0.15, 0.2) is 0 Å². The fourth-order valence-electron chi connectivity index (χ4n) is 1.76. The first-order valence-electron chi connectivity index (χ1n) is 6.53. The molecule has 0 aliphatic rings. The highest BCUT2D eigenvalue weighted by molar-refractivity contribution is 7.14. The molecule has 2 aromatic rings. The van der Waals surface area contributed by atoms with Gasteiger partial charge in [-0.3, -0.25) is 0 Å². The third kappa shape index (κ3) is 3.75. The molecule has 5 heteroatoms. The number of benzene rings is 1. The Morgan fingerprint density at radius 1 is 1.32 bits per heavy atom. The van der Waals surface area contributed by atoms with E-state index in [4.69, 9.17) is 0 Å². The van der Waals surface area contributed by atoms with E-state index in [2.05, 4.69) is 22.4 Å². The van der Waals surface area contributed by atoms with Gasteiger partial charge < -0.3 is 10.4 Å². The Kier molecular flexibility index (Phi) is 4.87. The molecular formula is C14H19N3OS. The van der Waals surface area contributed by atoms with Crippen molar-refractivity contribution in [1.29, 1.82) is 0 Å². The smallest absolute Gasteiger partial charge is 0.147 e. The zero-order valence-corrected chi connectivity index (χ0v) is 12.1. The molecule has 1 aromatic carbocycles. The van der Waals surface area contributed by atoms with Gasteiger partial charge in [0.25, 0.3) is 0 Å². The highest BCUT2D eigenvalue weighted by Crippen LogP contribution is 2.28. The molecule has 0 aliphatic carbocycles. The molecular weight excluding hydrogens is 258 g/mol. The number of aryl methyl sites for hydroxylation is 2. The molecule has 0 aliphatic heterocycles. The Bertz CT molecular complexity index is 539. The minimum absolute atomic E-state index is 0.307. The van der Waals surface area contributed by atoms with Crippen LogP contribution in [0.4, 0.5) is 0 Å². The lowest BCUT2D eigenvalue weighted by molar-refractivity contribution is 0.471. The minimum atomic E-state index is 0.307. The second kappa shape index (κ2) is 6.63. The molecule has 19 heavy (non-hydrogen) atoms. The van der Waals surface area contributed by atoms with Gasteiger partial charge in [-0.25, -0.2) is 0 Å². The fourth-order valence-corrected chi connectivity index (χ4v) is 2.63. The summed E-state index contributed by atoms with van der Waals surface area (Å²) in [5.41, 5.74) is 1.80. The number of aromatic nitrogens is 2. The summed E-state index contributed by atoms with van der Waals surface area (Å²) >= 11 is 1.60. The second-order valence-corrected chi connectivity index (χ2v) is 5.52. The minimum Gasteiger partial charge on any atom is -0.508 e. The molecule has 0 radical (unpaired) electrons. The summed E-state index contributed by atoms with van der Waals surface area (Å²) < 4.78 is 0. The first-order valence-corrected chi connectivity index (χ1v) is 7.35. The summed E-state index contributed by atoms with van der Waals surface area (Å²) in [6.07, 6.45) is 2.02. The van der Waals surface area contributed by atoms with E-state index >= 15 is 0 Å². The van der Waals surface area contributed by atoms with Gasteiger partial charge in [-0.15, -0.1) is 10.2 Å². The van der Waals surface area contributed by atoms with Crippen molar-refractivity contribution in [3.05, 3.63) is 28.8 Å². The number of hydrogen-bond donors (Lipinski definition) is 2. The maximum Gasteiger partial charge on any atom is 0.147 e. The molecule has 0 spiro atoms. The van der Waals surface area contributed by atoms with E-state index in [9.17, 15) is 5.11 Å². The van der Waals surface area contributed by atoms with Gasteiger partial charge >= 0.3 is 0 Å². The number of phenolic OH excluding ortho intramolecular Hbond substituents is 1. The topological polar surface area (TPSA) is 58.0 Å². The maximum absolute atomic E-state index is 9.72. The lowest BCUT2D eigenvalue weighted by Crippen LogP contribution is -2.14. The standard InChI is InChI=1S/C14H19N3OS/c1-3-15-8-4-5-13-16-17-14(19-13)11-7-6-10(2)12(18)9-11/h6-7,9,15,18H,3-5,8H2,1-2H3. The van der Waals surface area contributed by atoms with Gasteiger partial charge in [-0.2, -0.15) is 0 Å². The molecule has 0 saturated heterocycles. The Morgan fingerprint density at radius 3 is 2.89 bits per heavy atom. The van der Waals surface area contributed by atoms with Crippen LogP contribution in [0.2, 0.25) is 0 Å². The molecule has 0 bridgehead atoms. The molecule has 1 aromatic heterocycles. The van der Waals surface area contributed by atoms with Crippen molar-refractivity contribution in [3.8, 4) is 16.3 Å². The van der Waals surface area contributed by atoms with E-state index in [1.165, 1.54) is 0 Å². The number of phenols is 1. The van der Waals surface area contributed by atoms with Crippen LogP contribution in [0.25, 0.3) is 10.6 Å². The SMILES string of the molecule is CCNCCCc1nnc(-c2ccc(C)c(O)c2)s1. The van der Waals surface area contributed by atoms with Crippen molar-refractivity contribution in [1.82, 2.24) is 15.5 Å². The fraction of sp³-hybridized carbons (Fsp3) is 0.429. The van der Waals surface area contributed by atoms with Crippen molar-refractivity contribution in [2.75, 3.05) is 13.1 Å². The van der Waals surface area contributed by atoms with Crippen LogP contribution in [0, 0.1) is 6.92 Å². The van der Waals surface area contributed by atoms with Crippen LogP contribution >= 0.6 is 11.3 Å². The molecule has 1 heterocycles. The molecule has 0 amide bonds. The Hall–Kier alpha value is -1.46. The van der Waals surface area contributed by atoms with Crippen LogP contribution in [-0.2, 0) is 6.42 Å². The summed E-state index contributed by atoms with van der Waals surface area (Å²) in [6.45, 7) is 6.00. The zero-order valence-electron chi connectivity index (χ0n) is 11.3. The van der Waals surface area contributed by atoms with Crippen molar-refractivity contribution < 1.29 is 5.11 Å². The summed E-state index contributed by atoms with van der Waals surface area (Å²) in [7, 11) is 0. The average Bonchev–Trinajstić information content (AvgIpc) is 2.87. The number of rotatable bonds is 6. The van der Waals surface area contributed by atoms with E-state index in [1.807, 2.05) is 19.1 Å². The predicted molar refractivity (Wildman–Crippen MR) is 78.6 cm³/mol. The zero-order chi connectivity index (χ0) is 13.7. The molecule has 0 fully saturated rings. The van der Waals surface area contributed by atoms with E-state index in [-0.39, 0.29) is 0 Å². The van der Waals surface area contributed by atoms with Gasteiger partial charge in [0.1, 0.15) is 15.8 Å². The molecule has 0 saturated carbocycles. The predicted octanol–water partition coefficient (Wildman–Crippen LogP) is 2.76. The number of aromatic hydroxyl groups is 1. The highest BCUT2D eigenvalue weighted by Gasteiger charge is 2.08. The highest BCUT2D eigenvalue weighted by atomic mass is 32.1. The summed E-state index contributed by atoms with van der Waals surface area (Å²) in [5.74, 6) is 0.307. The third-order valence-corrected chi connectivity index (χ3v) is 3.95. The Labute approximate surface area is 117 Å². The molecule has 2 N–H and O–H groups in total. The molecule has 2 rings (SSSR count). The largest absolute Gasteiger partial charge is 0.508 e. The number of nitrogens with zero attached hydrogens (tertiary/aromatic N) is 2. The van der Waals surface area contributed by atoms with Crippen LogP contribution in [0.1, 0.15) is 23.9 Å². The van der Waals surface area contributed by atoms with Gasteiger partial charge in [0.2, 0.25) is 0 Å². The van der Waals surface area contributed by atoms with Crippen molar-refractivity contribution in [2.45, 2.75) is 26.7 Å². The number of nitrogens with one attached hydrogen (secondary N) is 1. The molecule has 4 nitrogen and oxygen atoms in total. The van der Waals surface area contributed by atoms with Crippen LogP contribution in [-0.4, -0.2) is 28.4 Å². The third-order valence-electron chi connectivity index (χ3n) is 2.92. The van der Waals surface area contributed by atoms with Crippen molar-refractivity contribution in [3.63, 3.8) is 0 Å².